The number of hydrogen-bond donors (Lipinski definition) is 0. The minimum atomic E-state index is -4.32. The summed E-state index contributed by atoms with van der Waals surface area (Å²) in [5.74, 6) is -0.429. The van der Waals surface area contributed by atoms with Crippen LogP contribution in [0.2, 0.25) is 0 Å². The first-order valence-corrected chi connectivity index (χ1v) is 53.5. The molecule has 6 atom stereocenters. The molecule has 0 aromatic heterocycles. The first-order valence-electron chi connectivity index (χ1n) is 31.5. The lowest BCUT2D eigenvalue weighted by Gasteiger charge is -2.29. The zero-order valence-corrected chi connectivity index (χ0v) is 71.0. The molecule has 0 amide bonds. The lowest BCUT2D eigenvalue weighted by atomic mass is 10.2. The van der Waals surface area contributed by atoms with E-state index in [4.69, 9.17) is 68.1 Å². The van der Waals surface area contributed by atoms with E-state index in [0.29, 0.717) is 0 Å². The number of ether oxygens (including phenoxy) is 1. The highest BCUT2D eigenvalue weighted by Crippen LogP contribution is 2.70. The van der Waals surface area contributed by atoms with Crippen LogP contribution in [-0.2, 0) is 105 Å². The predicted molar refractivity (Wildman–Crippen MR) is 391 cm³/mol. The molecule has 0 saturated heterocycles. The number of esters is 1. The largest absolute Gasteiger partial charge is 0.466 e. The van der Waals surface area contributed by atoms with Crippen molar-refractivity contribution in [2.24, 2.45) is 47.3 Å². The van der Waals surface area contributed by atoms with Crippen LogP contribution in [0.25, 0.3) is 0 Å². The molecule has 0 heterocycles. The van der Waals surface area contributed by atoms with Crippen molar-refractivity contribution in [3.05, 3.63) is 0 Å². The molecule has 0 aromatic carbocycles. The van der Waals surface area contributed by atoms with Gasteiger partial charge in [0, 0.05) is 40.3 Å². The standard InChI is InChI=1S/C55H117O23P7S7/c1-24-64-55(56)25-26-86-83(61,73-53(22)39-91-84(62,75-49(18)35-87-79(57,65-27-41(2)3)66-28-42(4)5)76-50(19)36-88-80(58,67-29-43(6)7)68-30-44(8)9)74-54(23)40-92-85(63,77-51(20)37-89-81(59,69-31-45(10)11)70-32-46(12)13)78-52(21)38-90-82(60,71-33-47(14)15)72-34-48(16)17/h41-54H,24-40H2,1-23H3. The van der Waals surface area contributed by atoms with Crippen LogP contribution >= 0.6 is 127 Å². The molecule has 0 aliphatic heterocycles. The van der Waals surface area contributed by atoms with Crippen molar-refractivity contribution < 1.29 is 105 Å². The van der Waals surface area contributed by atoms with Gasteiger partial charge in [-0.1, -0.05) is 111 Å². The van der Waals surface area contributed by atoms with Gasteiger partial charge in [0.25, 0.3) is 0 Å². The summed E-state index contributed by atoms with van der Waals surface area (Å²) in [5.41, 5.74) is 0. The molecule has 0 spiro atoms. The maximum Gasteiger partial charge on any atom is 0.389 e. The Labute approximate surface area is 583 Å². The number of carbonyl (C=O) groups is 1. The van der Waals surface area contributed by atoms with Gasteiger partial charge in [0.2, 0.25) is 0 Å². The van der Waals surface area contributed by atoms with Crippen LogP contribution in [0.5, 0.6) is 0 Å². The summed E-state index contributed by atoms with van der Waals surface area (Å²) in [4.78, 5) is 12.6. The minimum Gasteiger partial charge on any atom is -0.466 e. The summed E-state index contributed by atoms with van der Waals surface area (Å²) in [6.07, 6.45) is -5.66. The third kappa shape index (κ3) is 48.8. The monoisotopic (exact) mass is 1590 g/mol. The van der Waals surface area contributed by atoms with Crippen LogP contribution in [0.1, 0.15) is 166 Å². The molecular formula is C55H117O23P7S7. The summed E-state index contributed by atoms with van der Waals surface area (Å²) in [6.45, 7) is 15.9. The van der Waals surface area contributed by atoms with Gasteiger partial charge in [-0.3, -0.25) is 31.9 Å². The van der Waals surface area contributed by atoms with Crippen LogP contribution in [-0.4, -0.2) is 142 Å². The van der Waals surface area contributed by atoms with E-state index in [2.05, 4.69) is 0 Å². The molecule has 0 bridgehead atoms. The van der Waals surface area contributed by atoms with Crippen molar-refractivity contribution in [3.63, 3.8) is 0 Å². The van der Waals surface area contributed by atoms with E-state index in [1.165, 1.54) is 0 Å². The average Bonchev–Trinajstić information content (AvgIpc) is 2.03. The van der Waals surface area contributed by atoms with Crippen molar-refractivity contribution in [2.75, 3.05) is 99.7 Å². The molecule has 0 aromatic rings. The summed E-state index contributed by atoms with van der Waals surface area (Å²) >= 11 is 5.92. The summed E-state index contributed by atoms with van der Waals surface area (Å²) in [5, 5.41) is 0. The van der Waals surface area contributed by atoms with Crippen molar-refractivity contribution >= 4 is 133 Å². The molecule has 552 valence electrons. The Morgan fingerprint density at radius 2 is 0.435 bits per heavy atom. The Bertz CT molecular complexity index is 2050. The second-order valence-electron chi connectivity index (χ2n) is 25.3. The minimum absolute atomic E-state index is 0.0123. The van der Waals surface area contributed by atoms with Crippen LogP contribution in [0, 0.1) is 47.3 Å². The Kier molecular flexibility index (Phi) is 50.4. The topological polar surface area (TPSA) is 275 Å². The highest BCUT2D eigenvalue weighted by molar-refractivity contribution is 8.57. The van der Waals surface area contributed by atoms with Gasteiger partial charge in [-0.2, -0.15) is 0 Å². The van der Waals surface area contributed by atoms with E-state index in [1.54, 1.807) is 48.5 Å². The Hall–Kier alpha value is 2.97. The molecule has 0 fully saturated rings. The van der Waals surface area contributed by atoms with Gasteiger partial charge in [-0.05, 0) is 175 Å². The van der Waals surface area contributed by atoms with E-state index in [1.807, 2.05) is 111 Å². The van der Waals surface area contributed by atoms with Gasteiger partial charge in [-0.15, -0.1) is 0 Å². The lowest BCUT2D eigenvalue weighted by Crippen LogP contribution is -2.18. The fourth-order valence-electron chi connectivity index (χ4n) is 5.78. The van der Waals surface area contributed by atoms with Gasteiger partial charge in [-0.25, -0.2) is 32.0 Å². The zero-order valence-electron chi connectivity index (χ0n) is 59.0. The average molecular weight is 1590 g/mol. The van der Waals surface area contributed by atoms with E-state index in [-0.39, 0.29) is 153 Å². The van der Waals surface area contributed by atoms with Gasteiger partial charge in [0.05, 0.1) is 103 Å². The number of hydrogen-bond acceptors (Lipinski definition) is 30. The molecule has 23 nitrogen and oxygen atoms in total. The second kappa shape index (κ2) is 48.8. The Balaban J connectivity index is 7.20. The molecule has 0 rings (SSSR count). The van der Waals surface area contributed by atoms with E-state index >= 15 is 13.7 Å². The number of carbonyl (C=O) groups excluding carboxylic acids is 1. The summed E-state index contributed by atoms with van der Waals surface area (Å²) < 4.78 is 190. The molecule has 92 heavy (non-hydrogen) atoms. The summed E-state index contributed by atoms with van der Waals surface area (Å²) in [6, 6.07) is 0. The molecule has 0 radical (unpaired) electrons. The second-order valence-corrected chi connectivity index (χ2v) is 53.9. The van der Waals surface area contributed by atoms with Crippen molar-refractivity contribution in [2.45, 2.75) is 202 Å². The molecule has 0 saturated carbocycles. The molecule has 0 aliphatic carbocycles. The van der Waals surface area contributed by atoms with Crippen molar-refractivity contribution in [1.29, 1.82) is 0 Å². The highest BCUT2D eigenvalue weighted by Gasteiger charge is 2.41. The zero-order chi connectivity index (χ0) is 70.7. The van der Waals surface area contributed by atoms with Gasteiger partial charge >= 0.3 is 53.6 Å². The van der Waals surface area contributed by atoms with Crippen molar-refractivity contribution in [1.82, 2.24) is 0 Å². The van der Waals surface area contributed by atoms with E-state index < -0.39 is 90.2 Å². The molecule has 37 heteroatoms. The molecular weight excluding hydrogens is 1470 g/mol. The van der Waals surface area contributed by atoms with Gasteiger partial charge in [0.15, 0.2) is 0 Å². The Morgan fingerprint density at radius 1 is 0.272 bits per heavy atom. The van der Waals surface area contributed by atoms with E-state index in [9.17, 15) is 23.1 Å². The van der Waals surface area contributed by atoms with Crippen LogP contribution in [0.4, 0.5) is 0 Å². The molecule has 6 unspecified atom stereocenters. The highest BCUT2D eigenvalue weighted by atomic mass is 32.7. The smallest absolute Gasteiger partial charge is 0.389 e. The quantitative estimate of drug-likeness (QED) is 0.0404. The number of rotatable bonds is 59. The fraction of sp³-hybridized carbons (Fsp3) is 0.982. The van der Waals surface area contributed by atoms with Gasteiger partial charge < -0.3 is 40.9 Å². The van der Waals surface area contributed by atoms with Crippen molar-refractivity contribution in [3.8, 4) is 0 Å². The molecule has 0 N–H and O–H groups in total. The Morgan fingerprint density at radius 3 is 0.598 bits per heavy atom. The predicted octanol–water partition coefficient (Wildman–Crippen LogP) is 21.6. The lowest BCUT2D eigenvalue weighted by molar-refractivity contribution is -0.142. The molecule has 0 aliphatic rings. The fourth-order valence-corrected chi connectivity index (χ4v) is 33.0. The first-order chi connectivity index (χ1) is 42.4. The summed E-state index contributed by atoms with van der Waals surface area (Å²) in [7, 11) is 0. The third-order valence-electron chi connectivity index (χ3n) is 10.0. The van der Waals surface area contributed by atoms with Crippen LogP contribution in [0.15, 0.2) is 0 Å². The normalized spacial score (nSPS) is 17.2. The van der Waals surface area contributed by atoms with Crippen LogP contribution in [0.3, 0.4) is 0 Å². The first kappa shape index (κ1) is 95.0. The SMILES string of the molecule is CCOC(=O)CCSP(=O)(OC(C)CSP(=O)(OC(C)CSP(=O)(OCC(C)C)OCC(C)C)OC(C)CSP(=O)(OCC(C)C)OCC(C)C)OC(C)CSP(=O)(OC(C)CSP(=O)(OCC(C)C)OCC(C)C)OC(C)CSP(=O)(OCC(C)C)OCC(C)C. The van der Waals surface area contributed by atoms with Crippen LogP contribution < -0.4 is 0 Å². The maximum absolute atomic E-state index is 15.1. The van der Waals surface area contributed by atoms with E-state index in [0.717, 1.165) is 79.7 Å². The van der Waals surface area contributed by atoms with Gasteiger partial charge in [0.1, 0.15) is 0 Å². The third-order valence-corrected chi connectivity index (χ3v) is 37.7. The maximum atomic E-state index is 15.1.